The lowest BCUT2D eigenvalue weighted by Gasteiger charge is -2.26. The van der Waals surface area contributed by atoms with Crippen LogP contribution >= 0.6 is 0 Å². The van der Waals surface area contributed by atoms with E-state index in [2.05, 4.69) is 6.07 Å². The molecular formula is C12H14NO. The molecule has 2 rings (SSSR count). The first-order valence-corrected chi connectivity index (χ1v) is 5.06. The second kappa shape index (κ2) is 3.82. The third-order valence-corrected chi connectivity index (χ3v) is 2.56. The number of hydrogen-bond acceptors (Lipinski definition) is 1. The summed E-state index contributed by atoms with van der Waals surface area (Å²) in [6.07, 6.45) is 2.84. The number of hydrogen-bond donors (Lipinski definition) is 0. The highest BCUT2D eigenvalue weighted by molar-refractivity contribution is 5.93. The Labute approximate surface area is 84.5 Å². The maximum atomic E-state index is 11.6. The van der Waals surface area contributed by atoms with E-state index in [9.17, 15) is 4.79 Å². The van der Waals surface area contributed by atoms with E-state index in [4.69, 9.17) is 0 Å². The number of aryl methyl sites for hydroxylation is 1. The molecule has 1 heterocycles. The number of rotatable bonds is 1. The highest BCUT2D eigenvalue weighted by atomic mass is 16.2. The minimum atomic E-state index is 0.252. The zero-order valence-corrected chi connectivity index (χ0v) is 8.42. The van der Waals surface area contributed by atoms with E-state index in [0.29, 0.717) is 6.42 Å². The Hall–Kier alpha value is -1.31. The van der Waals surface area contributed by atoms with E-state index in [-0.39, 0.29) is 5.91 Å². The van der Waals surface area contributed by atoms with E-state index >= 15 is 0 Å². The molecule has 2 heteroatoms. The van der Waals surface area contributed by atoms with Gasteiger partial charge in [-0.2, -0.15) is 0 Å². The molecule has 1 aliphatic heterocycles. The minimum absolute atomic E-state index is 0.252. The van der Waals surface area contributed by atoms with Crippen LogP contribution in [0, 0.1) is 13.0 Å². The van der Waals surface area contributed by atoms with Gasteiger partial charge in [0, 0.05) is 18.7 Å². The first kappa shape index (κ1) is 9.25. The van der Waals surface area contributed by atoms with Gasteiger partial charge in [0.15, 0.2) is 0 Å². The first-order chi connectivity index (χ1) is 6.77. The Morgan fingerprint density at radius 1 is 1.43 bits per heavy atom. The SMILES string of the molecule is Cc1[c]ccc(N2CCCCC2=O)c1. The molecule has 0 aromatic heterocycles. The number of amides is 1. The van der Waals surface area contributed by atoms with Crippen LogP contribution in [0.3, 0.4) is 0 Å². The van der Waals surface area contributed by atoms with Crippen LogP contribution in [0.4, 0.5) is 5.69 Å². The summed E-state index contributed by atoms with van der Waals surface area (Å²) in [5.74, 6) is 0.252. The number of carbonyl (C=O) groups is 1. The van der Waals surface area contributed by atoms with Crippen LogP contribution in [0.1, 0.15) is 24.8 Å². The van der Waals surface area contributed by atoms with Crippen LogP contribution in [0.25, 0.3) is 0 Å². The smallest absolute Gasteiger partial charge is 0.226 e. The van der Waals surface area contributed by atoms with Gasteiger partial charge >= 0.3 is 0 Å². The quantitative estimate of drug-likeness (QED) is 0.662. The van der Waals surface area contributed by atoms with E-state index < -0.39 is 0 Å². The molecule has 0 bridgehead atoms. The molecule has 1 aliphatic rings. The Morgan fingerprint density at radius 2 is 2.29 bits per heavy atom. The summed E-state index contributed by atoms with van der Waals surface area (Å²) in [6, 6.07) is 8.94. The van der Waals surface area contributed by atoms with Crippen molar-refractivity contribution >= 4 is 11.6 Å². The maximum Gasteiger partial charge on any atom is 0.226 e. The first-order valence-electron chi connectivity index (χ1n) is 5.06. The lowest BCUT2D eigenvalue weighted by molar-refractivity contribution is -0.119. The average molecular weight is 188 g/mol. The van der Waals surface area contributed by atoms with Crippen molar-refractivity contribution in [1.82, 2.24) is 0 Å². The Bertz CT molecular complexity index is 346. The molecule has 73 valence electrons. The summed E-state index contributed by atoms with van der Waals surface area (Å²) in [4.78, 5) is 13.5. The molecule has 0 N–H and O–H groups in total. The normalized spacial score (nSPS) is 17.2. The predicted molar refractivity (Wildman–Crippen MR) is 56.2 cm³/mol. The van der Waals surface area contributed by atoms with Crippen LogP contribution in [0.15, 0.2) is 18.2 Å². The average Bonchev–Trinajstić information content (AvgIpc) is 2.18. The number of piperidine rings is 1. The molecule has 1 fully saturated rings. The monoisotopic (exact) mass is 188 g/mol. The van der Waals surface area contributed by atoms with Gasteiger partial charge in [0.1, 0.15) is 0 Å². The molecule has 0 saturated carbocycles. The van der Waals surface area contributed by atoms with Crippen LogP contribution in [-0.4, -0.2) is 12.5 Å². The zero-order valence-electron chi connectivity index (χ0n) is 8.42. The summed E-state index contributed by atoms with van der Waals surface area (Å²) in [7, 11) is 0. The van der Waals surface area contributed by atoms with Gasteiger partial charge in [-0.25, -0.2) is 0 Å². The fraction of sp³-hybridized carbons (Fsp3) is 0.417. The molecule has 2 nitrogen and oxygen atoms in total. The summed E-state index contributed by atoms with van der Waals surface area (Å²) < 4.78 is 0. The zero-order chi connectivity index (χ0) is 9.97. The molecular weight excluding hydrogens is 174 g/mol. The minimum Gasteiger partial charge on any atom is -0.312 e. The highest BCUT2D eigenvalue weighted by Gasteiger charge is 2.19. The third-order valence-electron chi connectivity index (χ3n) is 2.56. The van der Waals surface area contributed by atoms with Gasteiger partial charge in [-0.1, -0.05) is 6.07 Å². The number of nitrogens with zero attached hydrogens (tertiary/aromatic N) is 1. The second-order valence-corrected chi connectivity index (χ2v) is 3.73. The van der Waals surface area contributed by atoms with Gasteiger partial charge in [-0.05, 0) is 43.5 Å². The molecule has 0 spiro atoms. The van der Waals surface area contributed by atoms with Gasteiger partial charge < -0.3 is 4.90 Å². The lowest BCUT2D eigenvalue weighted by atomic mass is 10.1. The molecule has 1 aromatic rings. The van der Waals surface area contributed by atoms with Gasteiger partial charge in [0.25, 0.3) is 0 Å². The number of carbonyl (C=O) groups excluding carboxylic acids is 1. The molecule has 1 amide bonds. The van der Waals surface area contributed by atoms with E-state index in [1.165, 1.54) is 0 Å². The molecule has 1 saturated heterocycles. The Morgan fingerprint density at radius 3 is 3.00 bits per heavy atom. The van der Waals surface area contributed by atoms with Crippen molar-refractivity contribution in [3.8, 4) is 0 Å². The van der Waals surface area contributed by atoms with E-state index in [1.807, 2.05) is 30.0 Å². The van der Waals surface area contributed by atoms with Crippen LogP contribution in [0.2, 0.25) is 0 Å². The van der Waals surface area contributed by atoms with E-state index in [1.54, 1.807) is 0 Å². The highest BCUT2D eigenvalue weighted by Crippen LogP contribution is 2.21. The molecule has 1 aromatic carbocycles. The van der Waals surface area contributed by atoms with Gasteiger partial charge in [-0.15, -0.1) is 0 Å². The summed E-state index contributed by atoms with van der Waals surface area (Å²) in [5, 5.41) is 0. The Kier molecular flexibility index (Phi) is 2.53. The van der Waals surface area contributed by atoms with Crippen molar-refractivity contribution < 1.29 is 4.79 Å². The fourth-order valence-corrected chi connectivity index (χ4v) is 1.82. The second-order valence-electron chi connectivity index (χ2n) is 3.73. The van der Waals surface area contributed by atoms with Crippen molar-refractivity contribution in [3.05, 3.63) is 29.8 Å². The topological polar surface area (TPSA) is 20.3 Å². The summed E-state index contributed by atoms with van der Waals surface area (Å²) in [6.45, 7) is 2.86. The van der Waals surface area contributed by atoms with Gasteiger partial charge in [0.05, 0.1) is 0 Å². The fourth-order valence-electron chi connectivity index (χ4n) is 1.82. The molecule has 1 radical (unpaired) electrons. The summed E-state index contributed by atoms with van der Waals surface area (Å²) in [5.41, 5.74) is 2.10. The van der Waals surface area contributed by atoms with Crippen molar-refractivity contribution in [2.75, 3.05) is 11.4 Å². The molecule has 0 unspecified atom stereocenters. The Balaban J connectivity index is 2.24. The van der Waals surface area contributed by atoms with Crippen molar-refractivity contribution in [2.24, 2.45) is 0 Å². The van der Waals surface area contributed by atoms with Gasteiger partial charge in [-0.3, -0.25) is 4.79 Å². The third kappa shape index (κ3) is 1.79. The van der Waals surface area contributed by atoms with Crippen molar-refractivity contribution in [2.45, 2.75) is 26.2 Å². The molecule has 14 heavy (non-hydrogen) atoms. The standard InChI is InChI=1S/C12H14NO/c1-10-5-4-6-11(9-10)13-8-3-2-7-12(13)14/h4,6,9H,2-3,7-8H2,1H3. The van der Waals surface area contributed by atoms with E-state index in [0.717, 1.165) is 30.6 Å². The van der Waals surface area contributed by atoms with Crippen LogP contribution in [0.5, 0.6) is 0 Å². The largest absolute Gasteiger partial charge is 0.312 e. The lowest BCUT2D eigenvalue weighted by Crippen LogP contribution is -2.35. The molecule has 0 aliphatic carbocycles. The van der Waals surface area contributed by atoms with Crippen molar-refractivity contribution in [1.29, 1.82) is 0 Å². The summed E-state index contributed by atoms with van der Waals surface area (Å²) >= 11 is 0. The predicted octanol–water partition coefficient (Wildman–Crippen LogP) is 2.31. The number of anilines is 1. The van der Waals surface area contributed by atoms with Crippen LogP contribution < -0.4 is 4.90 Å². The van der Waals surface area contributed by atoms with Crippen LogP contribution in [-0.2, 0) is 4.79 Å². The van der Waals surface area contributed by atoms with Crippen molar-refractivity contribution in [3.63, 3.8) is 0 Å². The molecule has 0 atom stereocenters. The van der Waals surface area contributed by atoms with Gasteiger partial charge in [0.2, 0.25) is 5.91 Å². The maximum absolute atomic E-state index is 11.6. The number of benzene rings is 1.